The largest absolute Gasteiger partial charge is 0.402 e. The van der Waals surface area contributed by atoms with Gasteiger partial charge in [0.2, 0.25) is 0 Å². The molecule has 0 amide bonds. The maximum atomic E-state index is 12.1. The van der Waals surface area contributed by atoms with E-state index in [1.54, 1.807) is 4.72 Å². The van der Waals surface area contributed by atoms with Crippen molar-refractivity contribution in [3.63, 3.8) is 0 Å². The Morgan fingerprint density at radius 1 is 1.19 bits per heavy atom. The monoisotopic (exact) mass is 331 g/mol. The van der Waals surface area contributed by atoms with Gasteiger partial charge >= 0.3 is 6.18 Å². The zero-order chi connectivity index (χ0) is 16.3. The number of piperidine rings is 1. The molecule has 1 aliphatic rings. The Kier molecular flexibility index (Phi) is 6.45. The Morgan fingerprint density at radius 3 is 2.14 bits per heavy atom. The van der Waals surface area contributed by atoms with Crippen LogP contribution >= 0.6 is 0 Å². The lowest BCUT2D eigenvalue weighted by molar-refractivity contribution is -0.121. The number of hydrogen-bond acceptors (Lipinski definition) is 3. The predicted octanol–water partition coefficient (Wildman–Crippen LogP) is 1.48. The van der Waals surface area contributed by atoms with Gasteiger partial charge in [-0.25, -0.2) is 0 Å². The highest BCUT2D eigenvalue weighted by molar-refractivity contribution is 7.87. The zero-order valence-electron chi connectivity index (χ0n) is 12.6. The lowest BCUT2D eigenvalue weighted by atomic mass is 10.0. The molecule has 126 valence electrons. The first-order valence-electron chi connectivity index (χ1n) is 7.09. The van der Waals surface area contributed by atoms with E-state index in [1.165, 1.54) is 0 Å². The fourth-order valence-electron chi connectivity index (χ4n) is 2.09. The van der Waals surface area contributed by atoms with Gasteiger partial charge < -0.3 is 5.32 Å². The number of hydrogen-bond donors (Lipinski definition) is 2. The van der Waals surface area contributed by atoms with E-state index in [9.17, 15) is 21.6 Å². The van der Waals surface area contributed by atoms with E-state index in [0.717, 1.165) is 4.31 Å². The molecule has 0 bridgehead atoms. The zero-order valence-corrected chi connectivity index (χ0v) is 13.4. The quantitative estimate of drug-likeness (QED) is 0.775. The molecule has 0 aliphatic carbocycles. The van der Waals surface area contributed by atoms with Gasteiger partial charge in [0.25, 0.3) is 10.2 Å². The van der Waals surface area contributed by atoms with Gasteiger partial charge in [-0.05, 0) is 25.7 Å². The van der Waals surface area contributed by atoms with E-state index in [-0.39, 0.29) is 19.1 Å². The van der Waals surface area contributed by atoms with Crippen molar-refractivity contribution in [2.24, 2.45) is 5.92 Å². The summed E-state index contributed by atoms with van der Waals surface area (Å²) in [6.45, 7) is 5.19. The lowest BCUT2D eigenvalue weighted by Gasteiger charge is -2.34. The molecule has 5 nitrogen and oxygen atoms in total. The molecule has 1 atom stereocenters. The fraction of sp³-hybridized carbons (Fsp3) is 1.00. The molecule has 0 radical (unpaired) electrons. The molecular weight excluding hydrogens is 307 g/mol. The van der Waals surface area contributed by atoms with Crippen LogP contribution in [0.4, 0.5) is 13.2 Å². The maximum Gasteiger partial charge on any atom is 0.402 e. The first kappa shape index (κ1) is 18.7. The van der Waals surface area contributed by atoms with E-state index >= 15 is 0 Å². The topological polar surface area (TPSA) is 61.4 Å². The molecule has 0 aromatic rings. The molecule has 21 heavy (non-hydrogen) atoms. The number of rotatable bonds is 6. The van der Waals surface area contributed by atoms with Crippen LogP contribution in [0.3, 0.4) is 0 Å². The van der Waals surface area contributed by atoms with Crippen molar-refractivity contribution in [1.29, 1.82) is 0 Å². The Labute approximate surface area is 124 Å². The Hall–Kier alpha value is -0.380. The van der Waals surface area contributed by atoms with Crippen molar-refractivity contribution in [1.82, 2.24) is 14.3 Å². The van der Waals surface area contributed by atoms with Crippen LogP contribution in [0.15, 0.2) is 0 Å². The lowest BCUT2D eigenvalue weighted by Crippen LogP contribution is -2.51. The summed E-state index contributed by atoms with van der Waals surface area (Å²) in [7, 11) is -4.05. The van der Waals surface area contributed by atoms with Gasteiger partial charge in [0.05, 0.1) is 0 Å². The average molecular weight is 331 g/mol. The Morgan fingerprint density at radius 2 is 1.71 bits per heavy atom. The third-order valence-electron chi connectivity index (χ3n) is 3.75. The van der Waals surface area contributed by atoms with Gasteiger partial charge in [-0.1, -0.05) is 13.8 Å². The molecule has 0 aromatic heterocycles. The molecule has 1 fully saturated rings. The molecule has 1 saturated heterocycles. The fourth-order valence-corrected chi connectivity index (χ4v) is 3.31. The van der Waals surface area contributed by atoms with Crippen molar-refractivity contribution in [2.45, 2.75) is 51.9 Å². The summed E-state index contributed by atoms with van der Waals surface area (Å²) < 4.78 is 62.4. The summed E-state index contributed by atoms with van der Waals surface area (Å²) in [4.78, 5) is 0. The second-order valence-electron chi connectivity index (χ2n) is 5.81. The third-order valence-corrected chi connectivity index (χ3v) is 5.30. The summed E-state index contributed by atoms with van der Waals surface area (Å²) in [5.41, 5.74) is 0. The van der Waals surface area contributed by atoms with E-state index in [4.69, 9.17) is 0 Å². The molecule has 0 aromatic carbocycles. The molecule has 1 rings (SSSR count). The maximum absolute atomic E-state index is 12.1. The molecule has 0 unspecified atom stereocenters. The second-order valence-corrected chi connectivity index (χ2v) is 7.57. The Balaban J connectivity index is 2.45. The normalized spacial score (nSPS) is 20.9. The summed E-state index contributed by atoms with van der Waals surface area (Å²) in [6, 6.07) is 0.526. The highest BCUT2D eigenvalue weighted by Crippen LogP contribution is 2.17. The van der Waals surface area contributed by atoms with E-state index in [1.807, 2.05) is 0 Å². The van der Waals surface area contributed by atoms with Crippen LogP contribution in [-0.4, -0.2) is 50.6 Å². The van der Waals surface area contributed by atoms with Crippen molar-refractivity contribution in [3.05, 3.63) is 0 Å². The minimum absolute atomic E-state index is 0.205. The van der Waals surface area contributed by atoms with Crippen molar-refractivity contribution in [3.8, 4) is 0 Å². The summed E-state index contributed by atoms with van der Waals surface area (Å²) in [5.74, 6) is 0.472. The molecule has 0 spiro atoms. The molecular formula is C12H24F3N3O2S. The predicted molar refractivity (Wildman–Crippen MR) is 75.0 cm³/mol. The Bertz CT molecular complexity index is 418. The molecule has 9 heteroatoms. The van der Waals surface area contributed by atoms with Gasteiger partial charge in [-0.15, -0.1) is 0 Å². The SMILES string of the molecule is CC(C)[C@@H](C)NC1CCN(S(=O)(=O)NCC(F)(F)F)CC1. The summed E-state index contributed by atoms with van der Waals surface area (Å²) >= 11 is 0. The van der Waals surface area contributed by atoms with Crippen molar-refractivity contribution in [2.75, 3.05) is 19.6 Å². The van der Waals surface area contributed by atoms with E-state index in [0.29, 0.717) is 24.8 Å². The van der Waals surface area contributed by atoms with Gasteiger partial charge in [0, 0.05) is 25.2 Å². The minimum atomic E-state index is -4.54. The first-order valence-corrected chi connectivity index (χ1v) is 8.53. The van der Waals surface area contributed by atoms with E-state index in [2.05, 4.69) is 26.1 Å². The van der Waals surface area contributed by atoms with Crippen LogP contribution in [0, 0.1) is 5.92 Å². The number of nitrogens with zero attached hydrogens (tertiary/aromatic N) is 1. The molecule has 1 aliphatic heterocycles. The number of nitrogens with one attached hydrogen (secondary N) is 2. The van der Waals surface area contributed by atoms with Gasteiger partial charge in [0.1, 0.15) is 6.54 Å². The molecule has 2 N–H and O–H groups in total. The standard InChI is InChI=1S/C12H24F3N3O2S/c1-9(2)10(3)17-11-4-6-18(7-5-11)21(19,20)16-8-12(13,14)15/h9-11,16-17H,4-8H2,1-3H3/t10-/m1/s1. The van der Waals surface area contributed by atoms with Gasteiger partial charge in [0.15, 0.2) is 0 Å². The van der Waals surface area contributed by atoms with Gasteiger partial charge in [-0.3, -0.25) is 0 Å². The average Bonchev–Trinajstić information content (AvgIpc) is 2.36. The highest BCUT2D eigenvalue weighted by atomic mass is 32.2. The van der Waals surface area contributed by atoms with Crippen LogP contribution in [0.2, 0.25) is 0 Å². The summed E-state index contributed by atoms with van der Waals surface area (Å²) in [5, 5.41) is 3.42. The van der Waals surface area contributed by atoms with Crippen LogP contribution in [0.25, 0.3) is 0 Å². The molecule has 1 heterocycles. The van der Waals surface area contributed by atoms with Crippen molar-refractivity contribution < 1.29 is 21.6 Å². The first-order chi connectivity index (χ1) is 9.51. The van der Waals surface area contributed by atoms with E-state index < -0.39 is 22.9 Å². The van der Waals surface area contributed by atoms with Crippen LogP contribution in [0.5, 0.6) is 0 Å². The third kappa shape index (κ3) is 6.50. The minimum Gasteiger partial charge on any atom is -0.311 e. The van der Waals surface area contributed by atoms with Gasteiger partial charge in [-0.2, -0.15) is 30.6 Å². The number of halogens is 3. The number of alkyl halides is 3. The molecule has 0 saturated carbocycles. The highest BCUT2D eigenvalue weighted by Gasteiger charge is 2.33. The van der Waals surface area contributed by atoms with Crippen LogP contribution < -0.4 is 10.0 Å². The van der Waals surface area contributed by atoms with Crippen LogP contribution in [-0.2, 0) is 10.2 Å². The smallest absolute Gasteiger partial charge is 0.311 e. The summed E-state index contributed by atoms with van der Waals surface area (Å²) in [6.07, 6.45) is -3.34. The van der Waals surface area contributed by atoms with Crippen molar-refractivity contribution >= 4 is 10.2 Å². The van der Waals surface area contributed by atoms with Crippen LogP contribution in [0.1, 0.15) is 33.6 Å². The second kappa shape index (κ2) is 7.26.